The van der Waals surface area contributed by atoms with Crippen LogP contribution in [0.5, 0.6) is 17.2 Å². The summed E-state index contributed by atoms with van der Waals surface area (Å²) >= 11 is 0. The lowest BCUT2D eigenvalue weighted by Crippen LogP contribution is -2.30. The van der Waals surface area contributed by atoms with Gasteiger partial charge in [-0.05, 0) is 56.0 Å². The summed E-state index contributed by atoms with van der Waals surface area (Å²) in [6, 6.07) is 13.7. The molecule has 192 valence electrons. The summed E-state index contributed by atoms with van der Waals surface area (Å²) in [6.07, 6.45) is 3.46. The fourth-order valence-electron chi connectivity index (χ4n) is 4.63. The zero-order valence-corrected chi connectivity index (χ0v) is 21.3. The number of aryl methyl sites for hydroxylation is 1. The van der Waals surface area contributed by atoms with E-state index in [1.807, 2.05) is 49.5 Å². The van der Waals surface area contributed by atoms with Crippen LogP contribution in [0.15, 0.2) is 42.5 Å². The van der Waals surface area contributed by atoms with E-state index in [0.717, 1.165) is 59.0 Å². The van der Waals surface area contributed by atoms with Crippen molar-refractivity contribution in [3.05, 3.63) is 53.7 Å². The summed E-state index contributed by atoms with van der Waals surface area (Å²) in [7, 11) is 6.62. The van der Waals surface area contributed by atoms with E-state index in [4.69, 9.17) is 18.9 Å². The maximum atomic E-state index is 11.9. The largest absolute Gasteiger partial charge is 0.497 e. The number of nitrogens with zero attached hydrogens (tertiary/aromatic N) is 3. The number of benzene rings is 2. The number of nitrogens with one attached hydrogen (secondary N) is 1. The van der Waals surface area contributed by atoms with Gasteiger partial charge < -0.3 is 24.3 Å². The van der Waals surface area contributed by atoms with Gasteiger partial charge in [-0.15, -0.1) is 5.10 Å². The van der Waals surface area contributed by atoms with Gasteiger partial charge in [0.25, 0.3) is 0 Å². The van der Waals surface area contributed by atoms with Crippen molar-refractivity contribution in [2.75, 3.05) is 21.3 Å². The second-order valence-electron chi connectivity index (χ2n) is 8.94. The second-order valence-corrected chi connectivity index (χ2v) is 8.94. The highest BCUT2D eigenvalue weighted by atomic mass is 16.5. The monoisotopic (exact) mass is 494 g/mol. The van der Waals surface area contributed by atoms with E-state index in [-0.39, 0.29) is 18.0 Å². The number of carbonyl (C=O) groups is 1. The zero-order chi connectivity index (χ0) is 25.5. The van der Waals surface area contributed by atoms with Crippen LogP contribution < -0.4 is 19.5 Å². The standard InChI is InChI=1S/C27H34N4O5/c1-31-24(17-28-16-20-10-13-22(33-2)15-25(20)34-3)26(29-30-31)18-8-11-21(12-9-18)36-23-7-5-6-19(14-23)27(32)35-4/h8-13,15,19,23,28H,5-7,14,16-17H2,1-4H3/t19-,23-/m0/s1. The van der Waals surface area contributed by atoms with Crippen molar-refractivity contribution >= 4 is 5.97 Å². The predicted octanol–water partition coefficient (Wildman–Crippen LogP) is 3.90. The Hall–Kier alpha value is -3.59. The molecule has 0 aliphatic heterocycles. The molecule has 1 N–H and O–H groups in total. The summed E-state index contributed by atoms with van der Waals surface area (Å²) in [6.45, 7) is 1.21. The van der Waals surface area contributed by atoms with Crippen molar-refractivity contribution in [3.8, 4) is 28.5 Å². The molecule has 1 aliphatic carbocycles. The van der Waals surface area contributed by atoms with Crippen LogP contribution in [0.1, 0.15) is 36.9 Å². The summed E-state index contributed by atoms with van der Waals surface area (Å²) in [5, 5.41) is 12.1. The molecule has 0 bridgehead atoms. The third-order valence-corrected chi connectivity index (χ3v) is 6.64. The third kappa shape index (κ3) is 5.96. The molecule has 0 saturated heterocycles. The smallest absolute Gasteiger partial charge is 0.308 e. The molecule has 0 spiro atoms. The van der Waals surface area contributed by atoms with Crippen LogP contribution in [0.2, 0.25) is 0 Å². The highest BCUT2D eigenvalue weighted by Crippen LogP contribution is 2.30. The van der Waals surface area contributed by atoms with Gasteiger partial charge in [0.1, 0.15) is 22.9 Å². The molecule has 1 aliphatic rings. The van der Waals surface area contributed by atoms with Crippen molar-refractivity contribution in [2.24, 2.45) is 13.0 Å². The molecular formula is C27H34N4O5. The Morgan fingerprint density at radius 3 is 2.53 bits per heavy atom. The summed E-state index contributed by atoms with van der Waals surface area (Å²) in [5.74, 6) is 2.09. The van der Waals surface area contributed by atoms with E-state index in [1.54, 1.807) is 18.9 Å². The van der Waals surface area contributed by atoms with Crippen LogP contribution >= 0.6 is 0 Å². The Balaban J connectivity index is 1.39. The zero-order valence-electron chi connectivity index (χ0n) is 21.3. The molecule has 1 aromatic heterocycles. The maximum Gasteiger partial charge on any atom is 0.308 e. The first kappa shape index (κ1) is 25.5. The SMILES string of the molecule is COC(=O)[C@H]1CCC[C@H](Oc2ccc(-c3nnn(C)c3CNCc3ccc(OC)cc3OC)cc2)C1. The Bertz CT molecular complexity index is 1160. The van der Waals surface area contributed by atoms with Crippen molar-refractivity contribution in [3.63, 3.8) is 0 Å². The van der Waals surface area contributed by atoms with Crippen LogP contribution in [0.25, 0.3) is 11.3 Å². The number of esters is 1. The van der Waals surface area contributed by atoms with E-state index in [9.17, 15) is 4.79 Å². The molecule has 3 aromatic rings. The fraction of sp³-hybridized carbons (Fsp3) is 0.444. The first-order valence-electron chi connectivity index (χ1n) is 12.2. The van der Waals surface area contributed by atoms with E-state index < -0.39 is 0 Å². The molecule has 1 saturated carbocycles. The molecule has 2 aromatic carbocycles. The molecule has 36 heavy (non-hydrogen) atoms. The lowest BCUT2D eigenvalue weighted by Gasteiger charge is -2.28. The van der Waals surface area contributed by atoms with Gasteiger partial charge >= 0.3 is 5.97 Å². The van der Waals surface area contributed by atoms with Crippen molar-refractivity contribution in [2.45, 2.75) is 44.9 Å². The minimum Gasteiger partial charge on any atom is -0.497 e. The first-order chi connectivity index (χ1) is 17.5. The van der Waals surface area contributed by atoms with Crippen LogP contribution in [-0.2, 0) is 29.7 Å². The third-order valence-electron chi connectivity index (χ3n) is 6.64. The van der Waals surface area contributed by atoms with Gasteiger partial charge in [-0.3, -0.25) is 9.48 Å². The van der Waals surface area contributed by atoms with Gasteiger partial charge in [0.15, 0.2) is 0 Å². The first-order valence-corrected chi connectivity index (χ1v) is 12.2. The normalized spacial score (nSPS) is 17.4. The topological polar surface area (TPSA) is 96.7 Å². The summed E-state index contributed by atoms with van der Waals surface area (Å²) < 4.78 is 23.6. The van der Waals surface area contributed by atoms with Gasteiger partial charge in [-0.1, -0.05) is 11.3 Å². The molecule has 1 fully saturated rings. The van der Waals surface area contributed by atoms with Crippen LogP contribution in [0.3, 0.4) is 0 Å². The molecular weight excluding hydrogens is 460 g/mol. The average Bonchev–Trinajstić information content (AvgIpc) is 3.28. The predicted molar refractivity (Wildman–Crippen MR) is 135 cm³/mol. The second kappa shape index (κ2) is 11.9. The van der Waals surface area contributed by atoms with Gasteiger partial charge in [-0.25, -0.2) is 0 Å². The lowest BCUT2D eigenvalue weighted by atomic mass is 9.87. The Labute approximate surface area is 211 Å². The van der Waals surface area contributed by atoms with E-state index in [2.05, 4.69) is 15.6 Å². The number of ether oxygens (including phenoxy) is 4. The molecule has 0 amide bonds. The highest BCUT2D eigenvalue weighted by molar-refractivity contribution is 5.72. The molecule has 9 heteroatoms. The van der Waals surface area contributed by atoms with Gasteiger partial charge in [0.2, 0.25) is 0 Å². The average molecular weight is 495 g/mol. The summed E-state index contributed by atoms with van der Waals surface area (Å²) in [5.41, 5.74) is 3.80. The van der Waals surface area contributed by atoms with Crippen LogP contribution in [-0.4, -0.2) is 48.4 Å². The molecule has 1 heterocycles. The van der Waals surface area contributed by atoms with Crippen molar-refractivity contribution < 1.29 is 23.7 Å². The number of rotatable bonds is 10. The Morgan fingerprint density at radius 2 is 1.81 bits per heavy atom. The minimum absolute atomic E-state index is 0.0138. The van der Waals surface area contributed by atoms with Gasteiger partial charge in [-0.2, -0.15) is 0 Å². The quantitative estimate of drug-likeness (QED) is 0.424. The van der Waals surface area contributed by atoms with Crippen molar-refractivity contribution in [1.82, 2.24) is 20.3 Å². The Kier molecular flexibility index (Phi) is 8.43. The highest BCUT2D eigenvalue weighted by Gasteiger charge is 2.29. The number of hydrogen-bond acceptors (Lipinski definition) is 8. The maximum absolute atomic E-state index is 11.9. The molecule has 0 unspecified atom stereocenters. The fourth-order valence-corrected chi connectivity index (χ4v) is 4.63. The minimum atomic E-state index is -0.145. The number of carbonyl (C=O) groups excluding carboxylic acids is 1. The lowest BCUT2D eigenvalue weighted by molar-refractivity contribution is -0.147. The van der Waals surface area contributed by atoms with E-state index in [0.29, 0.717) is 19.5 Å². The van der Waals surface area contributed by atoms with Crippen LogP contribution in [0, 0.1) is 5.92 Å². The Morgan fingerprint density at radius 1 is 1.03 bits per heavy atom. The molecule has 2 atom stereocenters. The van der Waals surface area contributed by atoms with Crippen molar-refractivity contribution in [1.29, 1.82) is 0 Å². The van der Waals surface area contributed by atoms with Crippen LogP contribution in [0.4, 0.5) is 0 Å². The summed E-state index contributed by atoms with van der Waals surface area (Å²) in [4.78, 5) is 11.9. The van der Waals surface area contributed by atoms with Gasteiger partial charge in [0, 0.05) is 37.3 Å². The van der Waals surface area contributed by atoms with E-state index >= 15 is 0 Å². The molecule has 4 rings (SSSR count). The molecule has 0 radical (unpaired) electrons. The number of methoxy groups -OCH3 is 3. The molecule has 9 nitrogen and oxygen atoms in total. The number of aromatic nitrogens is 3. The van der Waals surface area contributed by atoms with E-state index in [1.165, 1.54) is 7.11 Å². The van der Waals surface area contributed by atoms with Gasteiger partial charge in [0.05, 0.1) is 39.0 Å². The number of hydrogen-bond donors (Lipinski definition) is 1.